The van der Waals surface area contributed by atoms with Gasteiger partial charge in [0.2, 0.25) is 0 Å². The second-order valence-electron chi connectivity index (χ2n) is 3.23. The Balaban J connectivity index is 2.46. The topological polar surface area (TPSA) is 24.9 Å². The van der Waals surface area contributed by atoms with Crippen LogP contribution in [0.3, 0.4) is 0 Å². The van der Waals surface area contributed by atoms with E-state index in [9.17, 15) is 0 Å². The van der Waals surface area contributed by atoms with Crippen LogP contribution in [0, 0.1) is 0 Å². The number of rotatable bonds is 0. The van der Waals surface area contributed by atoms with Crippen LogP contribution in [0.5, 0.6) is 0 Å². The Hall–Kier alpha value is -0.410. The van der Waals surface area contributed by atoms with Gasteiger partial charge in [-0.05, 0) is 27.6 Å². The molecule has 12 heavy (non-hydrogen) atoms. The summed E-state index contributed by atoms with van der Waals surface area (Å²) in [5, 5.41) is 3.36. The smallest absolute Gasteiger partial charge is 0.0490 e. The Labute approximate surface area is 80.5 Å². The van der Waals surface area contributed by atoms with E-state index in [1.54, 1.807) is 0 Å². The van der Waals surface area contributed by atoms with Crippen LogP contribution in [-0.2, 0) is 6.54 Å². The minimum Gasteiger partial charge on any atom is -0.312 e. The standard InChI is InChI=1S/C9H11BrN2/c1-6-3-11-4-7-2-8(10)5-12-9(6)7/h2,5-6,11H,3-4H2,1H3/t6-/m0/s1. The van der Waals surface area contributed by atoms with Crippen molar-refractivity contribution < 1.29 is 0 Å². The molecule has 1 N–H and O–H groups in total. The van der Waals surface area contributed by atoms with Gasteiger partial charge in [0.25, 0.3) is 0 Å². The molecule has 2 heterocycles. The number of pyridine rings is 1. The molecule has 0 bridgehead atoms. The molecule has 2 rings (SSSR count). The Kier molecular flexibility index (Phi) is 2.15. The van der Waals surface area contributed by atoms with Gasteiger partial charge in [-0.15, -0.1) is 0 Å². The molecule has 0 saturated carbocycles. The molecular formula is C9H11BrN2. The fourth-order valence-corrected chi connectivity index (χ4v) is 1.98. The summed E-state index contributed by atoms with van der Waals surface area (Å²) in [4.78, 5) is 4.41. The van der Waals surface area contributed by atoms with Crippen molar-refractivity contribution in [1.29, 1.82) is 0 Å². The number of halogens is 1. The first-order valence-electron chi connectivity index (χ1n) is 4.12. The summed E-state index contributed by atoms with van der Waals surface area (Å²) in [6.07, 6.45) is 1.88. The maximum Gasteiger partial charge on any atom is 0.0490 e. The maximum absolute atomic E-state index is 4.41. The highest BCUT2D eigenvalue weighted by Gasteiger charge is 2.16. The summed E-state index contributed by atoms with van der Waals surface area (Å²) in [5.74, 6) is 0.543. The molecule has 0 aromatic carbocycles. The molecule has 0 saturated heterocycles. The van der Waals surface area contributed by atoms with Crippen LogP contribution < -0.4 is 5.32 Å². The minimum absolute atomic E-state index is 0.543. The van der Waals surface area contributed by atoms with Gasteiger partial charge in [-0.2, -0.15) is 0 Å². The third-order valence-electron chi connectivity index (χ3n) is 2.20. The molecule has 0 aliphatic carbocycles. The number of hydrogen-bond donors (Lipinski definition) is 1. The largest absolute Gasteiger partial charge is 0.312 e. The lowest BCUT2D eigenvalue weighted by Gasteiger charge is -2.21. The van der Waals surface area contributed by atoms with Crippen molar-refractivity contribution in [2.45, 2.75) is 19.4 Å². The maximum atomic E-state index is 4.41. The molecule has 0 amide bonds. The molecule has 2 nitrogen and oxygen atoms in total. The summed E-state index contributed by atoms with van der Waals surface area (Å²) in [6.45, 7) is 4.19. The fraction of sp³-hybridized carbons (Fsp3) is 0.444. The lowest BCUT2D eigenvalue weighted by molar-refractivity contribution is 0.556. The Morgan fingerprint density at radius 2 is 2.50 bits per heavy atom. The Morgan fingerprint density at radius 3 is 3.33 bits per heavy atom. The van der Waals surface area contributed by atoms with Gasteiger partial charge in [-0.25, -0.2) is 0 Å². The van der Waals surface area contributed by atoms with Crippen molar-refractivity contribution in [3.8, 4) is 0 Å². The first-order valence-corrected chi connectivity index (χ1v) is 4.91. The second kappa shape index (κ2) is 3.15. The lowest BCUT2D eigenvalue weighted by atomic mass is 9.98. The third kappa shape index (κ3) is 1.39. The first-order chi connectivity index (χ1) is 5.77. The molecule has 64 valence electrons. The van der Waals surface area contributed by atoms with Gasteiger partial charge in [0, 0.05) is 35.4 Å². The van der Waals surface area contributed by atoms with E-state index in [0.29, 0.717) is 5.92 Å². The van der Waals surface area contributed by atoms with Crippen LogP contribution in [0.15, 0.2) is 16.7 Å². The molecule has 0 spiro atoms. The van der Waals surface area contributed by atoms with E-state index >= 15 is 0 Å². The summed E-state index contributed by atoms with van der Waals surface area (Å²) in [5.41, 5.74) is 2.57. The molecule has 0 fully saturated rings. The average molecular weight is 227 g/mol. The molecule has 1 aromatic heterocycles. The van der Waals surface area contributed by atoms with Crippen molar-refractivity contribution in [3.63, 3.8) is 0 Å². The fourth-order valence-electron chi connectivity index (χ4n) is 1.60. The zero-order valence-electron chi connectivity index (χ0n) is 6.97. The summed E-state index contributed by atoms with van der Waals surface area (Å²) in [7, 11) is 0. The van der Waals surface area contributed by atoms with Crippen molar-refractivity contribution in [2.24, 2.45) is 0 Å². The van der Waals surface area contributed by atoms with Crippen molar-refractivity contribution in [1.82, 2.24) is 10.3 Å². The van der Waals surface area contributed by atoms with Crippen LogP contribution in [-0.4, -0.2) is 11.5 Å². The van der Waals surface area contributed by atoms with Crippen LogP contribution in [0.1, 0.15) is 24.1 Å². The van der Waals surface area contributed by atoms with Gasteiger partial charge in [0.05, 0.1) is 0 Å². The zero-order chi connectivity index (χ0) is 8.55. The van der Waals surface area contributed by atoms with Gasteiger partial charge in [0.15, 0.2) is 0 Å². The second-order valence-corrected chi connectivity index (χ2v) is 4.15. The Morgan fingerprint density at radius 1 is 1.67 bits per heavy atom. The minimum atomic E-state index is 0.543. The van der Waals surface area contributed by atoms with Gasteiger partial charge in [-0.3, -0.25) is 4.98 Å². The molecule has 1 aromatic rings. The predicted molar refractivity (Wildman–Crippen MR) is 52.1 cm³/mol. The monoisotopic (exact) mass is 226 g/mol. The number of fused-ring (bicyclic) bond motifs is 1. The van der Waals surface area contributed by atoms with E-state index in [4.69, 9.17) is 0 Å². The lowest BCUT2D eigenvalue weighted by Crippen LogP contribution is -2.27. The van der Waals surface area contributed by atoms with Crippen LogP contribution in [0.2, 0.25) is 0 Å². The highest BCUT2D eigenvalue weighted by atomic mass is 79.9. The number of hydrogen-bond acceptors (Lipinski definition) is 2. The summed E-state index contributed by atoms with van der Waals surface area (Å²) < 4.78 is 1.07. The molecule has 3 heteroatoms. The van der Waals surface area contributed by atoms with Crippen LogP contribution in [0.25, 0.3) is 0 Å². The number of aromatic nitrogens is 1. The van der Waals surface area contributed by atoms with E-state index in [1.807, 2.05) is 6.20 Å². The van der Waals surface area contributed by atoms with E-state index in [-0.39, 0.29) is 0 Å². The first kappa shape index (κ1) is 8.20. The highest BCUT2D eigenvalue weighted by Crippen LogP contribution is 2.23. The molecule has 1 aliphatic rings. The van der Waals surface area contributed by atoms with Crippen LogP contribution in [0.4, 0.5) is 0 Å². The number of nitrogens with zero attached hydrogens (tertiary/aromatic N) is 1. The van der Waals surface area contributed by atoms with Crippen molar-refractivity contribution >= 4 is 15.9 Å². The Bertz CT molecular complexity index is 299. The quantitative estimate of drug-likeness (QED) is 0.733. The summed E-state index contributed by atoms with van der Waals surface area (Å²) in [6, 6.07) is 2.14. The van der Waals surface area contributed by atoms with Gasteiger partial charge in [0.1, 0.15) is 0 Å². The third-order valence-corrected chi connectivity index (χ3v) is 2.63. The van der Waals surface area contributed by atoms with E-state index in [1.165, 1.54) is 11.3 Å². The van der Waals surface area contributed by atoms with E-state index < -0.39 is 0 Å². The summed E-state index contributed by atoms with van der Waals surface area (Å²) >= 11 is 3.42. The van der Waals surface area contributed by atoms with E-state index in [2.05, 4.69) is 39.2 Å². The normalized spacial score (nSPS) is 22.0. The van der Waals surface area contributed by atoms with Crippen LogP contribution >= 0.6 is 15.9 Å². The molecule has 1 atom stereocenters. The average Bonchev–Trinajstić information content (AvgIpc) is 2.04. The molecular weight excluding hydrogens is 216 g/mol. The zero-order valence-corrected chi connectivity index (χ0v) is 8.56. The van der Waals surface area contributed by atoms with Gasteiger partial charge >= 0.3 is 0 Å². The van der Waals surface area contributed by atoms with Gasteiger partial charge < -0.3 is 5.32 Å². The molecule has 0 radical (unpaired) electrons. The SMILES string of the molecule is C[C@H]1CNCc2cc(Br)cnc21. The van der Waals surface area contributed by atoms with Gasteiger partial charge in [-0.1, -0.05) is 6.92 Å². The predicted octanol–water partition coefficient (Wildman–Crippen LogP) is 2.05. The van der Waals surface area contributed by atoms with E-state index in [0.717, 1.165) is 17.6 Å². The molecule has 1 aliphatic heterocycles. The highest BCUT2D eigenvalue weighted by molar-refractivity contribution is 9.10. The number of nitrogens with one attached hydrogen (secondary N) is 1. The van der Waals surface area contributed by atoms with Crippen molar-refractivity contribution in [2.75, 3.05) is 6.54 Å². The van der Waals surface area contributed by atoms with Crippen molar-refractivity contribution in [3.05, 3.63) is 28.0 Å². The molecule has 0 unspecified atom stereocenters.